The van der Waals surface area contributed by atoms with Gasteiger partial charge in [0.25, 0.3) is 0 Å². The van der Waals surface area contributed by atoms with Crippen molar-refractivity contribution in [2.45, 2.75) is 25.3 Å². The molecule has 1 fully saturated rings. The highest BCUT2D eigenvalue weighted by Gasteiger charge is 2.33. The highest BCUT2D eigenvalue weighted by molar-refractivity contribution is 7.10. The van der Waals surface area contributed by atoms with E-state index in [4.69, 9.17) is 5.48 Å². The maximum Gasteiger partial charge on any atom is 0.0572 e. The Hall–Kier alpha value is -0.0900. The summed E-state index contributed by atoms with van der Waals surface area (Å²) in [6, 6.07) is 0.658. The molecule has 2 nitrogen and oxygen atoms in total. The van der Waals surface area contributed by atoms with Crippen LogP contribution in [0.25, 0.3) is 0 Å². The first-order valence-corrected chi connectivity index (χ1v) is 5.85. The number of fused-ring (bicyclic) bond motifs is 3. The molecule has 0 saturated carbocycles. The van der Waals surface area contributed by atoms with Gasteiger partial charge in [-0.25, -0.2) is 0 Å². The fourth-order valence-corrected chi connectivity index (χ4v) is 3.41. The Labute approximate surface area is 107 Å². The lowest BCUT2D eigenvalue weighted by atomic mass is 9.97. The molecule has 2 unspecified atom stereocenters. The minimum absolute atomic E-state index is 0. The van der Waals surface area contributed by atoms with Gasteiger partial charge in [0.1, 0.15) is 0 Å². The number of piperazine rings is 1. The Morgan fingerprint density at radius 1 is 1.67 bits per heavy atom. The Morgan fingerprint density at radius 2 is 2.60 bits per heavy atom. The number of rotatable bonds is 0. The van der Waals surface area contributed by atoms with Crippen molar-refractivity contribution in [1.29, 1.82) is 0 Å². The van der Waals surface area contributed by atoms with E-state index in [2.05, 4.69) is 16.8 Å². The minimum Gasteiger partial charge on any atom is -0.313 e. The van der Waals surface area contributed by atoms with Gasteiger partial charge in [0.2, 0.25) is 0 Å². The van der Waals surface area contributed by atoms with Gasteiger partial charge >= 0.3 is 0 Å². The summed E-state index contributed by atoms with van der Waals surface area (Å²) < 4.78 is 31.4. The van der Waals surface area contributed by atoms with Gasteiger partial charge in [-0.2, -0.15) is 0 Å². The highest BCUT2D eigenvalue weighted by Crippen LogP contribution is 2.35. The number of nitrogens with one attached hydrogen (secondary N) is 1. The molecule has 3 heterocycles. The van der Waals surface area contributed by atoms with Crippen molar-refractivity contribution in [2.75, 3.05) is 19.6 Å². The molecule has 2 aliphatic heterocycles. The molecule has 0 aliphatic carbocycles. The Morgan fingerprint density at radius 3 is 3.47 bits per heavy atom. The van der Waals surface area contributed by atoms with Crippen molar-refractivity contribution in [1.82, 2.24) is 10.2 Å². The van der Waals surface area contributed by atoms with E-state index in [1.54, 1.807) is 11.3 Å². The van der Waals surface area contributed by atoms with Gasteiger partial charge in [-0.1, -0.05) is 0 Å². The summed E-state index contributed by atoms with van der Waals surface area (Å²) in [5.41, 5.74) is 1.32. The van der Waals surface area contributed by atoms with E-state index in [0.717, 1.165) is 13.0 Å². The van der Waals surface area contributed by atoms with E-state index in [9.17, 15) is 0 Å². The lowest BCUT2D eigenvalue weighted by Crippen LogP contribution is -2.53. The number of halogens is 1. The zero-order chi connectivity index (χ0) is 13.0. The van der Waals surface area contributed by atoms with Crippen LogP contribution in [0.1, 0.15) is 28.8 Å². The predicted molar refractivity (Wildman–Crippen MR) is 67.0 cm³/mol. The third kappa shape index (κ3) is 1.82. The topological polar surface area (TPSA) is 15.3 Å². The molecule has 2 atom stereocenters. The van der Waals surface area contributed by atoms with Crippen LogP contribution in [0.15, 0.2) is 11.4 Å². The smallest absolute Gasteiger partial charge is 0.0572 e. The summed E-state index contributed by atoms with van der Waals surface area (Å²) in [5.74, 6) is 0. The molecule has 84 valence electrons. The lowest BCUT2D eigenvalue weighted by Gasteiger charge is -2.43. The first-order chi connectivity index (χ1) is 8.43. The van der Waals surface area contributed by atoms with E-state index in [0.29, 0.717) is 6.54 Å². The van der Waals surface area contributed by atoms with Gasteiger partial charge in [-0.3, -0.25) is 4.90 Å². The van der Waals surface area contributed by atoms with Crippen molar-refractivity contribution in [3.05, 3.63) is 21.9 Å². The van der Waals surface area contributed by atoms with Gasteiger partial charge < -0.3 is 5.32 Å². The van der Waals surface area contributed by atoms with Crippen molar-refractivity contribution in [2.24, 2.45) is 0 Å². The van der Waals surface area contributed by atoms with Gasteiger partial charge in [0.15, 0.2) is 0 Å². The van der Waals surface area contributed by atoms with E-state index >= 15 is 0 Å². The van der Waals surface area contributed by atoms with E-state index in [1.165, 1.54) is 10.4 Å². The Bertz CT molecular complexity index is 464. The molecule has 0 radical (unpaired) electrons. The third-order valence-corrected chi connectivity index (χ3v) is 4.12. The summed E-state index contributed by atoms with van der Waals surface area (Å²) >= 11 is 1.67. The van der Waals surface area contributed by atoms with E-state index < -0.39 is 12.9 Å². The fourth-order valence-electron chi connectivity index (χ4n) is 2.34. The molecule has 1 aromatic heterocycles. The third-order valence-electron chi connectivity index (χ3n) is 3.06. The molecule has 3 rings (SSSR count). The van der Waals surface area contributed by atoms with Crippen LogP contribution >= 0.6 is 23.7 Å². The average Bonchev–Trinajstić information content (AvgIpc) is 2.76. The van der Waals surface area contributed by atoms with Gasteiger partial charge in [-0.15, -0.1) is 23.7 Å². The summed E-state index contributed by atoms with van der Waals surface area (Å²) in [4.78, 5) is 3.10. The predicted octanol–water partition coefficient (Wildman–Crippen LogP) is 2.06. The summed E-state index contributed by atoms with van der Waals surface area (Å²) in [7, 11) is 0. The zero-order valence-corrected chi connectivity index (χ0v) is 9.96. The molecule has 4 heteroatoms. The maximum atomic E-state index is 8.40. The second-order valence-corrected chi connectivity index (χ2v) is 4.79. The minimum atomic E-state index is -2.28. The molecule has 0 spiro atoms. The van der Waals surface area contributed by atoms with Gasteiger partial charge in [0.05, 0.1) is 6.04 Å². The number of hydrogen-bond acceptors (Lipinski definition) is 3. The van der Waals surface area contributed by atoms with Crippen LogP contribution in [0.4, 0.5) is 0 Å². The number of nitrogens with zero attached hydrogens (tertiary/aromatic N) is 1. The van der Waals surface area contributed by atoms with Crippen LogP contribution < -0.4 is 5.32 Å². The number of hydrogen-bond donors (Lipinski definition) is 1. The second kappa shape index (κ2) is 4.42. The standard InChI is InChI=1S/C11H16N2S.ClH/c1-8-6-12-7-10-11-9(3-5-14-11)2-4-13(8)10;/h3,5,8,10,12H,2,4,6-7H2,1H3;1H/i1D3,8D;. The molecule has 1 saturated heterocycles. The summed E-state index contributed by atoms with van der Waals surface area (Å²) in [6.07, 6.45) is 0.853. The van der Waals surface area contributed by atoms with Crippen LogP contribution in [0.3, 0.4) is 0 Å². The lowest BCUT2D eigenvalue weighted by molar-refractivity contribution is 0.100. The summed E-state index contributed by atoms with van der Waals surface area (Å²) in [5, 5.41) is 5.19. The van der Waals surface area contributed by atoms with Crippen molar-refractivity contribution < 1.29 is 5.48 Å². The van der Waals surface area contributed by atoms with Crippen LogP contribution in [0.5, 0.6) is 0 Å². The highest BCUT2D eigenvalue weighted by atomic mass is 35.5. The molecular formula is C11H17ClN2S. The van der Waals surface area contributed by atoms with Crippen LogP contribution in [-0.2, 0) is 6.42 Å². The van der Waals surface area contributed by atoms with Crippen molar-refractivity contribution >= 4 is 23.7 Å². The van der Waals surface area contributed by atoms with Gasteiger partial charge in [-0.05, 0) is 30.3 Å². The molecule has 15 heavy (non-hydrogen) atoms. The molecule has 2 aliphatic rings. The zero-order valence-electron chi connectivity index (χ0n) is 12.3. The Kier molecular flexibility index (Phi) is 2.14. The molecule has 0 amide bonds. The monoisotopic (exact) mass is 248 g/mol. The van der Waals surface area contributed by atoms with Crippen LogP contribution in [0.2, 0.25) is 0 Å². The molecular weight excluding hydrogens is 228 g/mol. The molecule has 0 bridgehead atoms. The first-order valence-electron chi connectivity index (χ1n) is 6.97. The Balaban J connectivity index is 0.00000133. The van der Waals surface area contributed by atoms with E-state index in [-0.39, 0.29) is 25.0 Å². The molecule has 1 N–H and O–H groups in total. The van der Waals surface area contributed by atoms with Crippen molar-refractivity contribution in [3.8, 4) is 0 Å². The SMILES string of the molecule is Cl.[2H]C([2H])([2H])C1([2H])CNCC2c3sccc3CCN21. The summed E-state index contributed by atoms with van der Waals surface area (Å²) in [6.45, 7) is -0.670. The van der Waals surface area contributed by atoms with Crippen molar-refractivity contribution in [3.63, 3.8) is 0 Å². The fraction of sp³-hybridized carbons (Fsp3) is 0.636. The van der Waals surface area contributed by atoms with Crippen LogP contribution in [-0.4, -0.2) is 30.6 Å². The molecule has 0 aromatic carbocycles. The average molecular weight is 249 g/mol. The van der Waals surface area contributed by atoms with Gasteiger partial charge in [0, 0.05) is 36.0 Å². The number of thiophene rings is 1. The molecule has 1 aromatic rings. The second-order valence-electron chi connectivity index (χ2n) is 3.85. The van der Waals surface area contributed by atoms with Crippen LogP contribution in [0, 0.1) is 0 Å². The normalized spacial score (nSPS) is 39.9. The van der Waals surface area contributed by atoms with E-state index in [1.807, 2.05) is 4.90 Å². The largest absolute Gasteiger partial charge is 0.313 e. The first kappa shape index (κ1) is 7.28. The maximum absolute atomic E-state index is 8.40. The quantitative estimate of drug-likeness (QED) is 0.756.